The fourth-order valence-electron chi connectivity index (χ4n) is 5.07. The number of carbonyl (C=O) groups is 3. The van der Waals surface area contributed by atoms with E-state index in [2.05, 4.69) is 15.1 Å². The van der Waals surface area contributed by atoms with E-state index < -0.39 is 40.3 Å². The quantitative estimate of drug-likeness (QED) is 0.0996. The van der Waals surface area contributed by atoms with Crippen molar-refractivity contribution in [1.82, 2.24) is 19.8 Å². The van der Waals surface area contributed by atoms with Gasteiger partial charge in [0.1, 0.15) is 18.9 Å². The molecular weight excluding hydrogens is 584 g/mol. The summed E-state index contributed by atoms with van der Waals surface area (Å²) in [6, 6.07) is 10.4. The van der Waals surface area contributed by atoms with Gasteiger partial charge in [0, 0.05) is 25.7 Å². The summed E-state index contributed by atoms with van der Waals surface area (Å²) < 4.78 is 34.4. The van der Waals surface area contributed by atoms with Gasteiger partial charge in [-0.05, 0) is 61.4 Å². The van der Waals surface area contributed by atoms with Gasteiger partial charge in [-0.3, -0.25) is 14.4 Å². The predicted octanol–water partition coefficient (Wildman–Crippen LogP) is 1.58. The molecule has 0 bridgehead atoms. The van der Waals surface area contributed by atoms with Crippen LogP contribution >= 0.6 is 12.4 Å². The maximum absolute atomic E-state index is 13.7. The number of piperidine rings is 1. The van der Waals surface area contributed by atoms with Crippen LogP contribution in [0.5, 0.6) is 0 Å². The van der Waals surface area contributed by atoms with Crippen LogP contribution in [0.25, 0.3) is 10.8 Å². The Bertz CT molecular complexity index is 1390. The van der Waals surface area contributed by atoms with Gasteiger partial charge in [-0.25, -0.2) is 8.42 Å². The van der Waals surface area contributed by atoms with Crippen molar-refractivity contribution in [3.8, 4) is 0 Å². The second kappa shape index (κ2) is 15.2. The first-order valence-corrected chi connectivity index (χ1v) is 15.4. The number of nitrogens with two attached hydrogens (primary N) is 1. The number of amides is 2. The van der Waals surface area contributed by atoms with Crippen molar-refractivity contribution < 1.29 is 27.5 Å². The number of hydrogen-bond donors (Lipinski definition) is 3. The van der Waals surface area contributed by atoms with Crippen LogP contribution in [0.1, 0.15) is 39.0 Å². The number of halogens is 1. The highest BCUT2D eigenvalue weighted by Crippen LogP contribution is 2.28. The number of carbonyl (C=O) groups excluding carboxylic acids is 3. The van der Waals surface area contributed by atoms with Gasteiger partial charge in [0.05, 0.1) is 17.9 Å². The van der Waals surface area contributed by atoms with Crippen LogP contribution in [-0.2, 0) is 29.1 Å². The lowest BCUT2D eigenvalue weighted by Gasteiger charge is -2.31. The molecule has 2 aromatic carbocycles. The maximum atomic E-state index is 13.7. The smallest absolute Gasteiger partial charge is 0.325 e. The van der Waals surface area contributed by atoms with Crippen molar-refractivity contribution >= 4 is 57.3 Å². The Balaban J connectivity index is 0.00000484. The van der Waals surface area contributed by atoms with Crippen molar-refractivity contribution in [3.05, 3.63) is 42.5 Å². The minimum absolute atomic E-state index is 0. The number of nitrogens with one attached hydrogen (secondary N) is 2. The number of ether oxygens (including phenoxy) is 1. The van der Waals surface area contributed by atoms with E-state index in [0.29, 0.717) is 25.9 Å². The summed E-state index contributed by atoms with van der Waals surface area (Å²) in [4.78, 5) is 42.3. The normalized spacial score (nSPS) is 17.8. The lowest BCUT2D eigenvalue weighted by molar-refractivity contribution is -0.150. The van der Waals surface area contributed by atoms with Crippen molar-refractivity contribution in [2.24, 2.45) is 16.9 Å². The molecule has 12 nitrogen and oxygen atoms in total. The van der Waals surface area contributed by atoms with E-state index in [4.69, 9.17) is 10.6 Å². The Morgan fingerprint density at radius 2 is 1.90 bits per heavy atom. The van der Waals surface area contributed by atoms with Crippen molar-refractivity contribution in [2.45, 2.75) is 56.0 Å². The van der Waals surface area contributed by atoms with E-state index in [1.54, 1.807) is 31.5 Å². The van der Waals surface area contributed by atoms with Crippen LogP contribution in [0.15, 0.2) is 52.5 Å². The van der Waals surface area contributed by atoms with Gasteiger partial charge in [-0.1, -0.05) is 30.3 Å². The van der Waals surface area contributed by atoms with Gasteiger partial charge < -0.3 is 25.7 Å². The second-order valence-electron chi connectivity index (χ2n) is 10.5. The summed E-state index contributed by atoms with van der Waals surface area (Å²) in [6.45, 7) is 3.37. The molecule has 42 heavy (non-hydrogen) atoms. The topological polar surface area (TPSA) is 163 Å². The van der Waals surface area contributed by atoms with E-state index in [0.717, 1.165) is 30.2 Å². The fourth-order valence-corrected chi connectivity index (χ4v) is 6.29. The Morgan fingerprint density at radius 1 is 1.17 bits per heavy atom. The molecule has 2 aromatic rings. The predicted molar refractivity (Wildman–Crippen MR) is 161 cm³/mol. The van der Waals surface area contributed by atoms with Crippen molar-refractivity contribution in [2.75, 3.05) is 32.8 Å². The van der Waals surface area contributed by atoms with E-state index in [1.165, 1.54) is 17.0 Å². The van der Waals surface area contributed by atoms with Gasteiger partial charge in [-0.2, -0.15) is 9.82 Å². The molecule has 1 aliphatic heterocycles. The number of hydrazone groups is 1. The molecule has 0 spiro atoms. The number of likely N-dealkylation sites (tertiary alicyclic amines) is 1. The first-order valence-electron chi connectivity index (χ1n) is 13.9. The number of benzene rings is 2. The number of fused-ring (bicyclic) bond motifs is 1. The van der Waals surface area contributed by atoms with Crippen LogP contribution < -0.4 is 15.9 Å². The lowest BCUT2D eigenvalue weighted by atomic mass is 9.98. The number of nitrogens with zero attached hydrogens (tertiary/aromatic N) is 3. The third kappa shape index (κ3) is 9.04. The molecule has 0 radical (unpaired) electrons. The molecule has 2 aliphatic rings. The number of rotatable bonds is 13. The van der Waals surface area contributed by atoms with Gasteiger partial charge in [0.15, 0.2) is 0 Å². The molecule has 14 heteroatoms. The first-order chi connectivity index (χ1) is 19.7. The molecule has 4 N–H and O–H groups in total. The molecule has 230 valence electrons. The van der Waals surface area contributed by atoms with Crippen LogP contribution in [0.3, 0.4) is 0 Å². The zero-order valence-electron chi connectivity index (χ0n) is 23.6. The minimum atomic E-state index is -4.19. The molecular formula is C28H39ClN6O6S. The maximum Gasteiger partial charge on any atom is 0.325 e. The molecule has 1 aliphatic carbocycles. The zero-order valence-corrected chi connectivity index (χ0v) is 25.2. The molecule has 1 saturated carbocycles. The average molecular weight is 623 g/mol. The van der Waals surface area contributed by atoms with Crippen molar-refractivity contribution in [3.63, 3.8) is 0 Å². The monoisotopic (exact) mass is 622 g/mol. The summed E-state index contributed by atoms with van der Waals surface area (Å²) in [5.41, 5.74) is 0. The first kappa shape index (κ1) is 33.1. The van der Waals surface area contributed by atoms with Gasteiger partial charge in [-0.15, -0.1) is 12.4 Å². The number of sulfonamides is 1. The molecule has 1 heterocycles. The largest absolute Gasteiger partial charge is 0.465 e. The molecule has 0 unspecified atom stereocenters. The Kier molecular flexibility index (Phi) is 11.9. The van der Waals surface area contributed by atoms with Crippen LogP contribution in [-0.4, -0.2) is 87.2 Å². The fraction of sp³-hybridized carbons (Fsp3) is 0.500. The standard InChI is InChI=1S/C28H38N6O6S.ClH/c1-2-40-27(36)18-34(23-10-11-23)28(37)25(15-26(35)30-16-20-6-5-13-33(17-20)19-31-29)32-41(38,39)24-12-9-21-7-3-4-8-22(21)14-24;/h3-4,7-9,12,14,19-20,23,25,32H,2,5-6,10-11,13,15-18,29H2,1H3,(H,30,35);1H/t20-,25-;/m1./s1. The molecule has 2 atom stereocenters. The summed E-state index contributed by atoms with van der Waals surface area (Å²) in [5.74, 6) is 3.72. The summed E-state index contributed by atoms with van der Waals surface area (Å²) in [7, 11) is -4.19. The minimum Gasteiger partial charge on any atom is -0.465 e. The van der Waals surface area contributed by atoms with E-state index >= 15 is 0 Å². The van der Waals surface area contributed by atoms with Gasteiger partial charge in [0.2, 0.25) is 21.8 Å². The number of hydrogen-bond acceptors (Lipinski definition) is 8. The Labute approximate surface area is 252 Å². The summed E-state index contributed by atoms with van der Waals surface area (Å²) in [6.07, 6.45) is 4.35. The summed E-state index contributed by atoms with van der Waals surface area (Å²) >= 11 is 0. The summed E-state index contributed by atoms with van der Waals surface area (Å²) in [5, 5.41) is 8.01. The number of esters is 1. The van der Waals surface area contributed by atoms with Gasteiger partial charge in [0.25, 0.3) is 0 Å². The van der Waals surface area contributed by atoms with Crippen molar-refractivity contribution in [1.29, 1.82) is 0 Å². The SMILES string of the molecule is CCOC(=O)CN(C(=O)[C@@H](CC(=O)NC[C@H]1CCCN(C=NN)C1)NS(=O)(=O)c1ccc2ccccc2c1)C1CC1.Cl. The lowest BCUT2D eigenvalue weighted by Crippen LogP contribution is -2.52. The van der Waals surface area contributed by atoms with Crippen LogP contribution in [0, 0.1) is 5.92 Å². The highest BCUT2D eigenvalue weighted by atomic mass is 35.5. The average Bonchev–Trinajstić information content (AvgIpc) is 3.80. The molecule has 1 saturated heterocycles. The van der Waals surface area contributed by atoms with Gasteiger partial charge >= 0.3 is 5.97 Å². The Hall–Kier alpha value is -3.42. The second-order valence-corrected chi connectivity index (χ2v) is 12.2. The van der Waals surface area contributed by atoms with Crippen LogP contribution in [0.4, 0.5) is 0 Å². The molecule has 2 fully saturated rings. The third-order valence-electron chi connectivity index (χ3n) is 7.26. The Morgan fingerprint density at radius 3 is 2.60 bits per heavy atom. The van der Waals surface area contributed by atoms with Crippen LogP contribution in [0.2, 0.25) is 0 Å². The van der Waals surface area contributed by atoms with E-state index in [9.17, 15) is 22.8 Å². The van der Waals surface area contributed by atoms with E-state index in [-0.39, 0.29) is 42.4 Å². The molecule has 4 rings (SSSR count). The third-order valence-corrected chi connectivity index (χ3v) is 8.73. The highest BCUT2D eigenvalue weighted by molar-refractivity contribution is 7.89. The zero-order chi connectivity index (χ0) is 29.4. The highest BCUT2D eigenvalue weighted by Gasteiger charge is 2.39. The molecule has 2 amide bonds. The molecule has 0 aromatic heterocycles. The van der Waals surface area contributed by atoms with E-state index in [1.807, 2.05) is 17.0 Å².